The van der Waals surface area contributed by atoms with Gasteiger partial charge in [0.2, 0.25) is 0 Å². The molecule has 0 spiro atoms. The van der Waals surface area contributed by atoms with Crippen LogP contribution >= 0.6 is 0 Å². The summed E-state index contributed by atoms with van der Waals surface area (Å²) in [6.45, 7) is 5.33. The predicted octanol–water partition coefficient (Wildman–Crippen LogP) is 2.29. The maximum atomic E-state index is 3.49. The van der Waals surface area contributed by atoms with Gasteiger partial charge in [0.25, 0.3) is 0 Å². The van der Waals surface area contributed by atoms with Crippen molar-refractivity contribution in [3.63, 3.8) is 0 Å². The van der Waals surface area contributed by atoms with Crippen molar-refractivity contribution in [3.8, 4) is 0 Å². The van der Waals surface area contributed by atoms with Crippen LogP contribution in [-0.2, 0) is 0 Å². The first-order chi connectivity index (χ1) is 7.08. The Labute approximate surface area is 91.5 Å². The first-order valence-electron chi connectivity index (χ1n) is 5.40. The molecular formula is C12H19N3. The Bertz CT molecular complexity index is 371. The summed E-state index contributed by atoms with van der Waals surface area (Å²) in [5.74, 6) is 0. The van der Waals surface area contributed by atoms with E-state index in [1.165, 1.54) is 22.6 Å². The molecule has 0 saturated heterocycles. The maximum Gasteiger partial charge on any atom is 0.0599 e. The molecule has 1 heterocycles. The van der Waals surface area contributed by atoms with Gasteiger partial charge in [-0.05, 0) is 31.5 Å². The van der Waals surface area contributed by atoms with Crippen LogP contribution in [0.5, 0.6) is 0 Å². The largest absolute Gasteiger partial charge is 0.381 e. The highest BCUT2D eigenvalue weighted by Gasteiger charge is 2.15. The molecular weight excluding hydrogens is 186 g/mol. The predicted molar refractivity (Wildman–Crippen MR) is 67.1 cm³/mol. The van der Waals surface area contributed by atoms with Crippen LogP contribution in [0.4, 0.5) is 17.1 Å². The number of aryl methyl sites for hydroxylation is 1. The summed E-state index contributed by atoms with van der Waals surface area (Å²) in [5.41, 5.74) is 5.01. The minimum absolute atomic E-state index is 0.496. The van der Waals surface area contributed by atoms with Gasteiger partial charge in [-0.1, -0.05) is 0 Å². The van der Waals surface area contributed by atoms with E-state index in [0.717, 1.165) is 6.54 Å². The van der Waals surface area contributed by atoms with E-state index in [0.29, 0.717) is 6.04 Å². The molecule has 0 fully saturated rings. The fourth-order valence-electron chi connectivity index (χ4n) is 2.02. The summed E-state index contributed by atoms with van der Waals surface area (Å²) in [6, 6.07) is 4.92. The van der Waals surface area contributed by atoms with Gasteiger partial charge in [0.15, 0.2) is 0 Å². The normalized spacial score (nSPS) is 18.8. The third-order valence-electron chi connectivity index (χ3n) is 2.82. The summed E-state index contributed by atoms with van der Waals surface area (Å²) in [5, 5.41) is 6.93. The van der Waals surface area contributed by atoms with Gasteiger partial charge in [-0.25, -0.2) is 0 Å². The van der Waals surface area contributed by atoms with Crippen LogP contribution in [0.2, 0.25) is 0 Å². The lowest BCUT2D eigenvalue weighted by atomic mass is 10.1. The minimum atomic E-state index is 0.496. The molecule has 0 radical (unpaired) electrons. The molecule has 15 heavy (non-hydrogen) atoms. The lowest BCUT2D eigenvalue weighted by Gasteiger charge is -2.28. The molecule has 3 nitrogen and oxygen atoms in total. The summed E-state index contributed by atoms with van der Waals surface area (Å²) in [7, 11) is 4.16. The summed E-state index contributed by atoms with van der Waals surface area (Å²) in [6.07, 6.45) is 0. The van der Waals surface area contributed by atoms with Crippen molar-refractivity contribution in [1.82, 2.24) is 0 Å². The Hall–Kier alpha value is -1.38. The molecule has 1 aromatic rings. The van der Waals surface area contributed by atoms with Gasteiger partial charge in [0, 0.05) is 32.4 Å². The van der Waals surface area contributed by atoms with E-state index in [9.17, 15) is 0 Å². The average Bonchev–Trinajstić information content (AvgIpc) is 2.17. The van der Waals surface area contributed by atoms with Crippen molar-refractivity contribution >= 4 is 17.1 Å². The Morgan fingerprint density at radius 3 is 2.67 bits per heavy atom. The highest BCUT2D eigenvalue weighted by molar-refractivity contribution is 5.78. The number of nitrogens with one attached hydrogen (secondary N) is 2. The lowest BCUT2D eigenvalue weighted by Crippen LogP contribution is -2.30. The van der Waals surface area contributed by atoms with E-state index >= 15 is 0 Å². The first kappa shape index (κ1) is 10.1. The van der Waals surface area contributed by atoms with E-state index < -0.39 is 0 Å². The van der Waals surface area contributed by atoms with Crippen LogP contribution in [0, 0.1) is 6.92 Å². The second-order valence-electron chi connectivity index (χ2n) is 4.50. The molecule has 0 aliphatic carbocycles. The highest BCUT2D eigenvalue weighted by Crippen LogP contribution is 2.33. The number of rotatable bonds is 1. The minimum Gasteiger partial charge on any atom is -0.381 e. The first-order valence-corrected chi connectivity index (χ1v) is 5.40. The third-order valence-corrected chi connectivity index (χ3v) is 2.82. The molecule has 1 atom stereocenters. The number of hydrogen-bond acceptors (Lipinski definition) is 3. The summed E-state index contributed by atoms with van der Waals surface area (Å²) >= 11 is 0. The fourth-order valence-corrected chi connectivity index (χ4v) is 2.02. The second kappa shape index (κ2) is 3.65. The van der Waals surface area contributed by atoms with Gasteiger partial charge < -0.3 is 15.5 Å². The Morgan fingerprint density at radius 2 is 2.00 bits per heavy atom. The lowest BCUT2D eigenvalue weighted by molar-refractivity contribution is 0.817. The molecule has 1 aliphatic rings. The zero-order chi connectivity index (χ0) is 11.0. The molecule has 0 saturated carbocycles. The molecule has 1 aromatic carbocycles. The standard InChI is InChI=1S/C12H19N3/c1-8-5-10-11(6-12(8)15(3)4)14-9(2)7-13-10/h5-6,9,13-14H,7H2,1-4H3/t9-/m0/s1. The Kier molecular flexibility index (Phi) is 2.47. The number of fused-ring (bicyclic) bond motifs is 1. The Balaban J connectivity index is 2.42. The van der Waals surface area contributed by atoms with E-state index in [1.807, 2.05) is 0 Å². The van der Waals surface area contributed by atoms with E-state index in [2.05, 4.69) is 55.6 Å². The smallest absolute Gasteiger partial charge is 0.0599 e. The topological polar surface area (TPSA) is 27.3 Å². The molecule has 0 unspecified atom stereocenters. The molecule has 82 valence electrons. The fraction of sp³-hybridized carbons (Fsp3) is 0.500. The van der Waals surface area contributed by atoms with Gasteiger partial charge >= 0.3 is 0 Å². The maximum absolute atomic E-state index is 3.49. The van der Waals surface area contributed by atoms with Crippen LogP contribution < -0.4 is 15.5 Å². The highest BCUT2D eigenvalue weighted by atomic mass is 15.1. The van der Waals surface area contributed by atoms with Crippen LogP contribution in [0.1, 0.15) is 12.5 Å². The van der Waals surface area contributed by atoms with E-state index in [1.54, 1.807) is 0 Å². The monoisotopic (exact) mass is 205 g/mol. The third kappa shape index (κ3) is 1.87. The Morgan fingerprint density at radius 1 is 1.27 bits per heavy atom. The van der Waals surface area contributed by atoms with Crippen LogP contribution in [0.15, 0.2) is 12.1 Å². The van der Waals surface area contributed by atoms with Crippen molar-refractivity contribution in [1.29, 1.82) is 0 Å². The van der Waals surface area contributed by atoms with Crippen LogP contribution in [-0.4, -0.2) is 26.7 Å². The molecule has 2 rings (SSSR count). The van der Waals surface area contributed by atoms with Crippen molar-refractivity contribution in [2.75, 3.05) is 36.2 Å². The summed E-state index contributed by atoms with van der Waals surface area (Å²) < 4.78 is 0. The van der Waals surface area contributed by atoms with Crippen LogP contribution in [0.3, 0.4) is 0 Å². The zero-order valence-electron chi connectivity index (χ0n) is 9.89. The van der Waals surface area contributed by atoms with Gasteiger partial charge in [-0.2, -0.15) is 0 Å². The van der Waals surface area contributed by atoms with E-state index in [-0.39, 0.29) is 0 Å². The quantitative estimate of drug-likeness (QED) is 0.736. The van der Waals surface area contributed by atoms with Crippen molar-refractivity contribution in [3.05, 3.63) is 17.7 Å². The average molecular weight is 205 g/mol. The van der Waals surface area contributed by atoms with Crippen molar-refractivity contribution < 1.29 is 0 Å². The number of hydrogen-bond donors (Lipinski definition) is 2. The molecule has 0 amide bonds. The molecule has 1 aliphatic heterocycles. The van der Waals surface area contributed by atoms with Gasteiger partial charge in [0.1, 0.15) is 0 Å². The second-order valence-corrected chi connectivity index (χ2v) is 4.50. The molecule has 3 heteroatoms. The number of nitrogens with zero attached hydrogens (tertiary/aromatic N) is 1. The van der Waals surface area contributed by atoms with Crippen molar-refractivity contribution in [2.24, 2.45) is 0 Å². The van der Waals surface area contributed by atoms with E-state index in [4.69, 9.17) is 0 Å². The SMILES string of the molecule is Cc1cc2c(cc1N(C)C)N[C@@H](C)CN2. The number of benzene rings is 1. The zero-order valence-corrected chi connectivity index (χ0v) is 9.89. The van der Waals surface area contributed by atoms with Gasteiger partial charge in [-0.15, -0.1) is 0 Å². The van der Waals surface area contributed by atoms with Crippen molar-refractivity contribution in [2.45, 2.75) is 19.9 Å². The number of anilines is 3. The van der Waals surface area contributed by atoms with Gasteiger partial charge in [0.05, 0.1) is 11.4 Å². The molecule has 2 N–H and O–H groups in total. The van der Waals surface area contributed by atoms with Crippen LogP contribution in [0.25, 0.3) is 0 Å². The molecule has 0 bridgehead atoms. The summed E-state index contributed by atoms with van der Waals surface area (Å²) in [4.78, 5) is 2.15. The van der Waals surface area contributed by atoms with Gasteiger partial charge in [-0.3, -0.25) is 0 Å². The molecule has 0 aromatic heterocycles.